The Morgan fingerprint density at radius 3 is 2.55 bits per heavy atom. The molecule has 1 aromatic heterocycles. The lowest BCUT2D eigenvalue weighted by Crippen LogP contribution is -2.11. The first-order chi connectivity index (χ1) is 9.67. The molecule has 5 heteroatoms. The molecule has 2 N–H and O–H groups in total. The van der Waals surface area contributed by atoms with E-state index in [-0.39, 0.29) is 11.7 Å². The van der Waals surface area contributed by atoms with Gasteiger partial charge in [-0.1, -0.05) is 12.1 Å². The molecule has 0 spiro atoms. The molecule has 0 aliphatic rings. The van der Waals surface area contributed by atoms with Crippen molar-refractivity contribution in [2.75, 3.05) is 7.11 Å². The highest BCUT2D eigenvalue weighted by Gasteiger charge is 2.06. The Bertz CT molecular complexity index is 563. The molecule has 2 rings (SSSR count). The number of methoxy groups -OCH3 is 1. The second kappa shape index (κ2) is 7.07. The number of hydrogen-bond acceptors (Lipinski definition) is 5. The fourth-order valence-corrected chi connectivity index (χ4v) is 2.74. The highest BCUT2D eigenvalue weighted by molar-refractivity contribution is 7.12. The van der Waals surface area contributed by atoms with Crippen LogP contribution in [-0.2, 0) is 29.0 Å². The molecule has 2 aromatic rings. The van der Waals surface area contributed by atoms with E-state index in [4.69, 9.17) is 0 Å². The van der Waals surface area contributed by atoms with Gasteiger partial charge in [0, 0.05) is 22.8 Å². The van der Waals surface area contributed by atoms with Gasteiger partial charge in [0.25, 0.3) is 0 Å². The van der Waals surface area contributed by atoms with Gasteiger partial charge in [-0.2, -0.15) is 0 Å². The number of esters is 1. The summed E-state index contributed by atoms with van der Waals surface area (Å²) in [6, 6.07) is 11.1. The molecule has 20 heavy (non-hydrogen) atoms. The smallest absolute Gasteiger partial charge is 0.310 e. The van der Waals surface area contributed by atoms with Crippen LogP contribution in [0, 0.1) is 0 Å². The van der Waals surface area contributed by atoms with E-state index in [2.05, 4.69) is 10.1 Å². The summed E-state index contributed by atoms with van der Waals surface area (Å²) in [6.45, 7) is 1.50. The van der Waals surface area contributed by atoms with Crippen molar-refractivity contribution in [3.05, 3.63) is 51.7 Å². The van der Waals surface area contributed by atoms with Crippen molar-refractivity contribution in [1.29, 1.82) is 0 Å². The maximum Gasteiger partial charge on any atom is 0.310 e. The Morgan fingerprint density at radius 2 is 1.85 bits per heavy atom. The van der Waals surface area contributed by atoms with Crippen LogP contribution in [0.5, 0.6) is 5.75 Å². The molecule has 0 bridgehead atoms. The molecule has 0 unspecified atom stereocenters. The first kappa shape index (κ1) is 14.6. The zero-order chi connectivity index (χ0) is 14.4. The van der Waals surface area contributed by atoms with Gasteiger partial charge in [-0.3, -0.25) is 4.79 Å². The van der Waals surface area contributed by atoms with Crippen LogP contribution in [0.25, 0.3) is 0 Å². The molecule has 0 amide bonds. The first-order valence-corrected chi connectivity index (χ1v) is 7.12. The molecule has 0 aliphatic heterocycles. The summed E-state index contributed by atoms with van der Waals surface area (Å²) in [7, 11) is 1.40. The normalized spacial score (nSPS) is 10.4. The van der Waals surface area contributed by atoms with Crippen LogP contribution in [-0.4, -0.2) is 18.2 Å². The van der Waals surface area contributed by atoms with Gasteiger partial charge in [0.2, 0.25) is 0 Å². The molecule has 1 aromatic carbocycles. The van der Waals surface area contributed by atoms with Crippen LogP contribution in [0.1, 0.15) is 15.3 Å². The van der Waals surface area contributed by atoms with Crippen LogP contribution in [0.4, 0.5) is 0 Å². The van der Waals surface area contributed by atoms with E-state index in [0.29, 0.717) is 6.42 Å². The monoisotopic (exact) mass is 291 g/mol. The lowest BCUT2D eigenvalue weighted by Gasteiger charge is -2.03. The fraction of sp³-hybridized carbons (Fsp3) is 0.267. The summed E-state index contributed by atoms with van der Waals surface area (Å²) in [6.07, 6.45) is 0.332. The second-order valence-electron chi connectivity index (χ2n) is 4.39. The minimum absolute atomic E-state index is 0.213. The minimum atomic E-state index is -0.213. The lowest BCUT2D eigenvalue weighted by molar-refractivity contribution is -0.139. The quantitative estimate of drug-likeness (QED) is 0.803. The number of carbonyl (C=O) groups is 1. The molecule has 0 aliphatic carbocycles. The summed E-state index contributed by atoms with van der Waals surface area (Å²) < 4.78 is 4.64. The molecule has 0 saturated carbocycles. The second-order valence-corrected chi connectivity index (χ2v) is 5.64. The van der Waals surface area contributed by atoms with Gasteiger partial charge in [0.15, 0.2) is 0 Å². The lowest BCUT2D eigenvalue weighted by atomic mass is 10.2. The number of hydrogen-bond donors (Lipinski definition) is 2. The van der Waals surface area contributed by atoms with Crippen LogP contribution < -0.4 is 5.32 Å². The number of rotatable bonds is 6. The first-order valence-electron chi connectivity index (χ1n) is 6.30. The number of nitrogens with one attached hydrogen (secondary N) is 1. The standard InChI is InChI=1S/C15H17NO3S/c1-19-15(18)8-13-6-7-14(20-13)10-16-9-11-2-4-12(17)5-3-11/h2-7,16-17H,8-10H2,1H3. The van der Waals surface area contributed by atoms with Crippen LogP contribution in [0.2, 0.25) is 0 Å². The Hall–Kier alpha value is -1.85. The number of thiophene rings is 1. The molecule has 0 saturated heterocycles. The molecule has 1 heterocycles. The van der Waals surface area contributed by atoms with Gasteiger partial charge in [-0.25, -0.2) is 0 Å². The molecule has 0 fully saturated rings. The third kappa shape index (κ3) is 4.36. The third-order valence-electron chi connectivity index (χ3n) is 2.83. The van der Waals surface area contributed by atoms with E-state index in [1.807, 2.05) is 24.3 Å². The summed E-state index contributed by atoms with van der Waals surface area (Å²) in [5, 5.41) is 12.5. The average Bonchev–Trinajstić information content (AvgIpc) is 2.88. The highest BCUT2D eigenvalue weighted by atomic mass is 32.1. The SMILES string of the molecule is COC(=O)Cc1ccc(CNCc2ccc(O)cc2)s1. The number of benzene rings is 1. The van der Waals surface area contributed by atoms with Crippen LogP contribution >= 0.6 is 11.3 Å². The van der Waals surface area contributed by atoms with E-state index in [0.717, 1.165) is 23.5 Å². The van der Waals surface area contributed by atoms with Crippen molar-refractivity contribution in [1.82, 2.24) is 5.32 Å². The number of ether oxygens (including phenoxy) is 1. The van der Waals surface area contributed by atoms with Crippen LogP contribution in [0.3, 0.4) is 0 Å². The Labute approximate surface area is 122 Å². The molecule has 0 radical (unpaired) electrons. The van der Waals surface area contributed by atoms with Gasteiger partial charge in [-0.05, 0) is 29.8 Å². The predicted octanol–water partition coefficient (Wildman–Crippen LogP) is 2.46. The van der Waals surface area contributed by atoms with Crippen molar-refractivity contribution in [2.24, 2.45) is 0 Å². The predicted molar refractivity (Wildman–Crippen MR) is 78.7 cm³/mol. The Morgan fingerprint density at radius 1 is 1.15 bits per heavy atom. The van der Waals surface area contributed by atoms with E-state index in [1.165, 1.54) is 12.0 Å². The summed E-state index contributed by atoms with van der Waals surface area (Å²) in [4.78, 5) is 13.4. The zero-order valence-corrected chi connectivity index (χ0v) is 12.1. The molecule has 106 valence electrons. The number of carbonyl (C=O) groups excluding carboxylic acids is 1. The molecule has 0 atom stereocenters. The zero-order valence-electron chi connectivity index (χ0n) is 11.3. The fourth-order valence-electron chi connectivity index (χ4n) is 1.77. The summed E-state index contributed by atoms with van der Waals surface area (Å²) in [5.74, 6) is 0.0647. The Kier molecular flexibility index (Phi) is 5.15. The Balaban J connectivity index is 1.79. The van der Waals surface area contributed by atoms with Gasteiger partial charge < -0.3 is 15.2 Å². The third-order valence-corrected chi connectivity index (χ3v) is 3.91. The highest BCUT2D eigenvalue weighted by Crippen LogP contribution is 2.17. The molecular weight excluding hydrogens is 274 g/mol. The van der Waals surface area contributed by atoms with E-state index >= 15 is 0 Å². The van der Waals surface area contributed by atoms with Crippen molar-refractivity contribution < 1.29 is 14.6 Å². The van der Waals surface area contributed by atoms with Gasteiger partial charge >= 0.3 is 5.97 Å². The largest absolute Gasteiger partial charge is 0.508 e. The van der Waals surface area contributed by atoms with Crippen molar-refractivity contribution in [2.45, 2.75) is 19.5 Å². The summed E-state index contributed by atoms with van der Waals surface area (Å²) >= 11 is 1.61. The van der Waals surface area contributed by atoms with Crippen molar-refractivity contribution >= 4 is 17.3 Å². The minimum Gasteiger partial charge on any atom is -0.508 e. The van der Waals surface area contributed by atoms with Crippen molar-refractivity contribution in [3.63, 3.8) is 0 Å². The maximum absolute atomic E-state index is 11.2. The van der Waals surface area contributed by atoms with Gasteiger partial charge in [-0.15, -0.1) is 11.3 Å². The van der Waals surface area contributed by atoms with E-state index < -0.39 is 0 Å². The van der Waals surface area contributed by atoms with Crippen LogP contribution in [0.15, 0.2) is 36.4 Å². The number of phenols is 1. The number of aromatic hydroxyl groups is 1. The van der Waals surface area contributed by atoms with E-state index in [1.54, 1.807) is 23.5 Å². The van der Waals surface area contributed by atoms with Gasteiger partial charge in [0.05, 0.1) is 13.5 Å². The topological polar surface area (TPSA) is 58.6 Å². The van der Waals surface area contributed by atoms with Gasteiger partial charge in [0.1, 0.15) is 5.75 Å². The molecular formula is C15H17NO3S. The number of phenolic OH excluding ortho intramolecular Hbond substituents is 1. The maximum atomic E-state index is 11.2. The summed E-state index contributed by atoms with van der Waals surface area (Å²) in [5.41, 5.74) is 1.12. The molecule has 4 nitrogen and oxygen atoms in total. The van der Waals surface area contributed by atoms with Crippen molar-refractivity contribution in [3.8, 4) is 5.75 Å². The van der Waals surface area contributed by atoms with E-state index in [9.17, 15) is 9.90 Å². The average molecular weight is 291 g/mol.